The van der Waals surface area contributed by atoms with Gasteiger partial charge in [-0.1, -0.05) is 19.9 Å². The summed E-state index contributed by atoms with van der Waals surface area (Å²) in [6.45, 7) is 5.21. The van der Waals surface area contributed by atoms with Crippen molar-refractivity contribution in [3.8, 4) is 17.6 Å². The summed E-state index contributed by atoms with van der Waals surface area (Å²) in [6.07, 6.45) is 0.668. The van der Waals surface area contributed by atoms with Crippen LogP contribution in [0.5, 0.6) is 11.5 Å². The Labute approximate surface area is 167 Å². The highest BCUT2D eigenvalue weighted by atomic mass is 16.5. The molecule has 6 heteroatoms. The number of aromatic hydroxyl groups is 1. The van der Waals surface area contributed by atoms with Crippen LogP contribution in [0.4, 0.5) is 0 Å². The molecule has 0 saturated carbocycles. The van der Waals surface area contributed by atoms with Gasteiger partial charge < -0.3 is 19.6 Å². The van der Waals surface area contributed by atoms with E-state index in [-0.39, 0.29) is 17.6 Å². The van der Waals surface area contributed by atoms with E-state index >= 15 is 0 Å². The van der Waals surface area contributed by atoms with Gasteiger partial charge in [-0.25, -0.2) is 0 Å². The lowest BCUT2D eigenvalue weighted by Crippen LogP contribution is -2.30. The zero-order valence-electron chi connectivity index (χ0n) is 16.2. The van der Waals surface area contributed by atoms with Crippen molar-refractivity contribution in [3.05, 3.63) is 58.3 Å². The van der Waals surface area contributed by atoms with E-state index in [4.69, 9.17) is 9.47 Å². The monoisotopic (exact) mass is 388 g/mol. The van der Waals surface area contributed by atoms with Crippen LogP contribution in [0.15, 0.2) is 30.3 Å². The molecule has 5 rings (SSSR count). The molecular formula is C23H20N2O4. The van der Waals surface area contributed by atoms with Crippen LogP contribution < -0.4 is 4.74 Å². The van der Waals surface area contributed by atoms with Crippen LogP contribution in [-0.2, 0) is 10.2 Å². The first-order valence-corrected chi connectivity index (χ1v) is 9.63. The highest BCUT2D eigenvalue weighted by Crippen LogP contribution is 2.47. The minimum atomic E-state index is -0.512. The Bertz CT molecular complexity index is 1210. The van der Waals surface area contributed by atoms with Crippen molar-refractivity contribution >= 4 is 16.7 Å². The molecule has 0 spiro atoms. The second-order valence-corrected chi connectivity index (χ2v) is 8.17. The van der Waals surface area contributed by atoms with Gasteiger partial charge in [0.25, 0.3) is 0 Å². The third-order valence-electron chi connectivity index (χ3n) is 5.98. The number of nitrogens with zero attached hydrogens (tertiary/aromatic N) is 1. The van der Waals surface area contributed by atoms with Crippen molar-refractivity contribution in [2.45, 2.75) is 31.8 Å². The van der Waals surface area contributed by atoms with Crippen LogP contribution >= 0.6 is 0 Å². The molecule has 2 aromatic carbocycles. The van der Waals surface area contributed by atoms with Gasteiger partial charge in [0.15, 0.2) is 17.3 Å². The molecule has 146 valence electrons. The van der Waals surface area contributed by atoms with Crippen LogP contribution in [0, 0.1) is 11.3 Å². The van der Waals surface area contributed by atoms with E-state index < -0.39 is 5.41 Å². The van der Waals surface area contributed by atoms with Crippen molar-refractivity contribution in [2.24, 2.45) is 0 Å². The fourth-order valence-electron chi connectivity index (χ4n) is 4.39. The molecule has 1 aliphatic heterocycles. The number of aromatic nitrogens is 1. The third-order valence-corrected chi connectivity index (χ3v) is 5.98. The number of fused-ring (bicyclic) bond motifs is 4. The van der Waals surface area contributed by atoms with Crippen molar-refractivity contribution in [2.75, 3.05) is 13.2 Å². The van der Waals surface area contributed by atoms with Crippen LogP contribution in [0.25, 0.3) is 10.9 Å². The number of ether oxygens (including phenoxy) is 2. The topological polar surface area (TPSA) is 95.3 Å². The Balaban J connectivity index is 1.68. The maximum atomic E-state index is 13.4. The van der Waals surface area contributed by atoms with Gasteiger partial charge in [0, 0.05) is 34.0 Å². The number of hydrogen-bond donors (Lipinski definition) is 2. The molecule has 6 nitrogen and oxygen atoms in total. The standard InChI is InChI=1S/C23H20N2O4/c1-23(2)16-9-19(29-13-5-6-28-11-13)18(26)8-15(16)21(27)20-14-4-3-12(10-24)7-17(14)25-22(20)23/h3-4,7-9,13,25-26H,5-6,11H2,1-2H3/t13-/m1/s1. The molecule has 2 heterocycles. The lowest BCUT2D eigenvalue weighted by molar-refractivity contribution is 0.103. The smallest absolute Gasteiger partial charge is 0.195 e. The first-order chi connectivity index (χ1) is 13.9. The predicted octanol–water partition coefficient (Wildman–Crippen LogP) is 3.78. The summed E-state index contributed by atoms with van der Waals surface area (Å²) in [5.41, 5.74) is 3.45. The molecule has 0 bridgehead atoms. The van der Waals surface area contributed by atoms with Gasteiger partial charge in [-0.15, -0.1) is 0 Å². The maximum Gasteiger partial charge on any atom is 0.195 e. The summed E-state index contributed by atoms with van der Waals surface area (Å²) in [7, 11) is 0. The zero-order chi connectivity index (χ0) is 20.3. The van der Waals surface area contributed by atoms with Gasteiger partial charge in [0.05, 0.1) is 30.4 Å². The molecule has 1 aromatic heterocycles. The van der Waals surface area contributed by atoms with E-state index in [1.165, 1.54) is 6.07 Å². The maximum absolute atomic E-state index is 13.4. The summed E-state index contributed by atoms with van der Waals surface area (Å²) in [6, 6.07) is 10.7. The normalized spacial score (nSPS) is 19.6. The number of aromatic amines is 1. The van der Waals surface area contributed by atoms with Gasteiger partial charge in [-0.05, 0) is 29.8 Å². The Hall–Kier alpha value is -3.30. The van der Waals surface area contributed by atoms with E-state index in [2.05, 4.69) is 11.1 Å². The summed E-state index contributed by atoms with van der Waals surface area (Å²) in [4.78, 5) is 16.7. The number of carbonyl (C=O) groups is 1. The Morgan fingerprint density at radius 1 is 1.31 bits per heavy atom. The number of nitriles is 1. The Morgan fingerprint density at radius 3 is 2.86 bits per heavy atom. The second-order valence-electron chi connectivity index (χ2n) is 8.17. The molecule has 1 aliphatic carbocycles. The van der Waals surface area contributed by atoms with Gasteiger partial charge in [-0.3, -0.25) is 4.79 Å². The fraction of sp³-hybridized carbons (Fsp3) is 0.304. The number of rotatable bonds is 2. The van der Waals surface area contributed by atoms with Crippen molar-refractivity contribution in [1.82, 2.24) is 4.98 Å². The van der Waals surface area contributed by atoms with E-state index in [9.17, 15) is 15.2 Å². The lowest BCUT2D eigenvalue weighted by atomic mass is 9.71. The fourth-order valence-corrected chi connectivity index (χ4v) is 4.39. The van der Waals surface area contributed by atoms with Crippen LogP contribution in [0.2, 0.25) is 0 Å². The highest BCUT2D eigenvalue weighted by molar-refractivity contribution is 6.20. The first kappa shape index (κ1) is 17.8. The number of phenolic OH excluding ortho intramolecular Hbond substituents is 1. The summed E-state index contributed by atoms with van der Waals surface area (Å²) in [5.74, 6) is 0.178. The van der Waals surface area contributed by atoms with Gasteiger partial charge in [-0.2, -0.15) is 5.26 Å². The molecule has 0 unspecified atom stereocenters. The van der Waals surface area contributed by atoms with Crippen molar-refractivity contribution in [1.29, 1.82) is 5.26 Å². The van der Waals surface area contributed by atoms with Crippen molar-refractivity contribution < 1.29 is 19.4 Å². The number of carbonyl (C=O) groups excluding carboxylic acids is 1. The SMILES string of the molecule is CC1(C)c2cc(O[C@@H]3CCOC3)c(O)cc2C(=O)c2c1[nH]c1cc(C#N)ccc21. The summed E-state index contributed by atoms with van der Waals surface area (Å²) < 4.78 is 11.3. The average Bonchev–Trinajstić information content (AvgIpc) is 3.35. The lowest BCUT2D eigenvalue weighted by Gasteiger charge is -2.32. The van der Waals surface area contributed by atoms with Crippen molar-refractivity contribution in [3.63, 3.8) is 0 Å². The van der Waals surface area contributed by atoms with E-state index in [0.717, 1.165) is 28.6 Å². The highest BCUT2D eigenvalue weighted by Gasteiger charge is 2.40. The number of benzene rings is 2. The molecule has 2 aliphatic rings. The molecule has 1 fully saturated rings. The van der Waals surface area contributed by atoms with Crippen LogP contribution in [0.3, 0.4) is 0 Å². The first-order valence-electron chi connectivity index (χ1n) is 9.63. The molecule has 29 heavy (non-hydrogen) atoms. The zero-order valence-corrected chi connectivity index (χ0v) is 16.2. The van der Waals surface area contributed by atoms with E-state index in [1.54, 1.807) is 24.3 Å². The quantitative estimate of drug-likeness (QED) is 0.697. The second kappa shape index (κ2) is 6.10. The van der Waals surface area contributed by atoms with Gasteiger partial charge in [0.1, 0.15) is 6.10 Å². The third kappa shape index (κ3) is 2.55. The average molecular weight is 388 g/mol. The molecule has 2 N–H and O–H groups in total. The van der Waals surface area contributed by atoms with Gasteiger partial charge >= 0.3 is 0 Å². The van der Waals surface area contributed by atoms with Crippen LogP contribution in [-0.4, -0.2) is 35.2 Å². The molecule has 0 amide bonds. The Kier molecular flexibility index (Phi) is 3.74. The van der Waals surface area contributed by atoms with Crippen LogP contribution in [0.1, 0.15) is 53.0 Å². The number of phenols is 1. The van der Waals surface area contributed by atoms with E-state index in [1.807, 2.05) is 13.8 Å². The Morgan fingerprint density at radius 2 is 2.14 bits per heavy atom. The molecule has 0 radical (unpaired) electrons. The molecular weight excluding hydrogens is 368 g/mol. The van der Waals surface area contributed by atoms with E-state index in [0.29, 0.717) is 35.7 Å². The minimum Gasteiger partial charge on any atom is -0.504 e. The number of ketones is 1. The van der Waals surface area contributed by atoms with Gasteiger partial charge in [0.2, 0.25) is 0 Å². The number of nitrogens with one attached hydrogen (secondary N) is 1. The molecule has 1 saturated heterocycles. The number of H-pyrrole nitrogens is 1. The minimum absolute atomic E-state index is 0.0464. The molecule has 3 aromatic rings. The summed E-state index contributed by atoms with van der Waals surface area (Å²) in [5, 5.41) is 20.5. The predicted molar refractivity (Wildman–Crippen MR) is 107 cm³/mol. The number of hydrogen-bond acceptors (Lipinski definition) is 5. The molecule has 1 atom stereocenters. The summed E-state index contributed by atoms with van der Waals surface area (Å²) >= 11 is 0. The largest absolute Gasteiger partial charge is 0.504 e.